The van der Waals surface area contributed by atoms with E-state index in [9.17, 15) is 4.79 Å². The molecule has 0 saturated heterocycles. The van der Waals surface area contributed by atoms with Gasteiger partial charge < -0.3 is 10.6 Å². The molecule has 2 N–H and O–H groups in total. The smallest absolute Gasteiger partial charge is 0.273 e. The van der Waals surface area contributed by atoms with Gasteiger partial charge in [-0.05, 0) is 38.9 Å². The lowest BCUT2D eigenvalue weighted by molar-refractivity contribution is 0.0948. The van der Waals surface area contributed by atoms with Crippen LogP contribution < -0.4 is 10.6 Å². The summed E-state index contributed by atoms with van der Waals surface area (Å²) in [4.78, 5) is 12.1. The van der Waals surface area contributed by atoms with Crippen LogP contribution in [0.5, 0.6) is 0 Å². The minimum absolute atomic E-state index is 0. The molecule has 0 aliphatic heterocycles. The molecule has 1 aromatic heterocycles. The molecule has 2 aromatic rings. The summed E-state index contributed by atoms with van der Waals surface area (Å²) in [6, 6.07) is 7.95. The zero-order valence-electron chi connectivity index (χ0n) is 13.8. The van der Waals surface area contributed by atoms with Gasteiger partial charge in [0.1, 0.15) is 0 Å². The lowest BCUT2D eigenvalue weighted by Crippen LogP contribution is -2.32. The third-order valence-corrected chi connectivity index (χ3v) is 3.40. The highest BCUT2D eigenvalue weighted by Gasteiger charge is 2.16. The van der Waals surface area contributed by atoms with E-state index in [1.165, 1.54) is 5.56 Å². The summed E-state index contributed by atoms with van der Waals surface area (Å²) >= 11 is 0. The van der Waals surface area contributed by atoms with E-state index in [0.717, 1.165) is 30.9 Å². The third-order valence-electron chi connectivity index (χ3n) is 3.40. The van der Waals surface area contributed by atoms with Gasteiger partial charge in [-0.2, -0.15) is 0 Å². The number of aromatic nitrogens is 3. The van der Waals surface area contributed by atoms with Gasteiger partial charge in [0, 0.05) is 13.1 Å². The SMILES string of the molecule is CCCNCCNC(=O)c1nnn(-c2ccc(C)cc2)c1C.Cl. The van der Waals surface area contributed by atoms with Crippen LogP contribution >= 0.6 is 12.4 Å². The fraction of sp³-hybridized carbons (Fsp3) is 0.438. The van der Waals surface area contributed by atoms with Gasteiger partial charge in [0.2, 0.25) is 0 Å². The number of benzene rings is 1. The van der Waals surface area contributed by atoms with Gasteiger partial charge >= 0.3 is 0 Å². The Morgan fingerprint density at radius 2 is 1.83 bits per heavy atom. The number of carbonyl (C=O) groups is 1. The Morgan fingerprint density at radius 1 is 1.13 bits per heavy atom. The van der Waals surface area contributed by atoms with Gasteiger partial charge in [-0.25, -0.2) is 4.68 Å². The van der Waals surface area contributed by atoms with Gasteiger partial charge in [0.05, 0.1) is 11.4 Å². The fourth-order valence-electron chi connectivity index (χ4n) is 2.12. The number of halogens is 1. The number of carbonyl (C=O) groups excluding carboxylic acids is 1. The number of hydrogen-bond acceptors (Lipinski definition) is 4. The maximum Gasteiger partial charge on any atom is 0.273 e. The van der Waals surface area contributed by atoms with Crippen molar-refractivity contribution in [2.24, 2.45) is 0 Å². The Hall–Kier alpha value is -1.92. The van der Waals surface area contributed by atoms with Crippen molar-refractivity contribution in [2.45, 2.75) is 27.2 Å². The first-order valence-electron chi connectivity index (χ1n) is 7.61. The van der Waals surface area contributed by atoms with E-state index >= 15 is 0 Å². The van der Waals surface area contributed by atoms with E-state index < -0.39 is 0 Å². The number of hydrogen-bond donors (Lipinski definition) is 2. The summed E-state index contributed by atoms with van der Waals surface area (Å²) in [6.45, 7) is 8.28. The second kappa shape index (κ2) is 9.27. The minimum Gasteiger partial charge on any atom is -0.349 e. The van der Waals surface area contributed by atoms with Crippen molar-refractivity contribution in [2.75, 3.05) is 19.6 Å². The topological polar surface area (TPSA) is 71.8 Å². The van der Waals surface area contributed by atoms with E-state index in [2.05, 4.69) is 27.9 Å². The van der Waals surface area contributed by atoms with Crippen LogP contribution in [0.25, 0.3) is 5.69 Å². The zero-order chi connectivity index (χ0) is 15.9. The average molecular weight is 338 g/mol. The van der Waals surface area contributed by atoms with Crippen molar-refractivity contribution in [3.63, 3.8) is 0 Å². The Labute approximate surface area is 143 Å². The lowest BCUT2D eigenvalue weighted by Gasteiger charge is -2.06. The van der Waals surface area contributed by atoms with E-state index in [1.807, 2.05) is 38.1 Å². The van der Waals surface area contributed by atoms with Crippen molar-refractivity contribution < 1.29 is 4.79 Å². The molecular formula is C16H24ClN5O. The Balaban J connectivity index is 0.00000264. The summed E-state index contributed by atoms with van der Waals surface area (Å²) < 4.78 is 1.68. The molecule has 7 heteroatoms. The molecule has 0 aliphatic carbocycles. The molecule has 1 amide bonds. The van der Waals surface area contributed by atoms with E-state index in [1.54, 1.807) is 4.68 Å². The molecule has 1 heterocycles. The van der Waals surface area contributed by atoms with Crippen LogP contribution in [0, 0.1) is 13.8 Å². The maximum atomic E-state index is 12.1. The van der Waals surface area contributed by atoms with Gasteiger partial charge in [-0.15, -0.1) is 17.5 Å². The van der Waals surface area contributed by atoms with Crippen molar-refractivity contribution in [1.82, 2.24) is 25.6 Å². The molecule has 0 bridgehead atoms. The number of aryl methyl sites for hydroxylation is 1. The highest BCUT2D eigenvalue weighted by atomic mass is 35.5. The van der Waals surface area contributed by atoms with Crippen molar-refractivity contribution in [3.8, 4) is 5.69 Å². The highest BCUT2D eigenvalue weighted by molar-refractivity contribution is 5.93. The molecular weight excluding hydrogens is 314 g/mol. The van der Waals surface area contributed by atoms with E-state index in [0.29, 0.717) is 12.2 Å². The van der Waals surface area contributed by atoms with Gasteiger partial charge in [-0.3, -0.25) is 4.79 Å². The van der Waals surface area contributed by atoms with Crippen LogP contribution in [-0.2, 0) is 0 Å². The molecule has 2 rings (SSSR count). The number of nitrogens with one attached hydrogen (secondary N) is 2. The maximum absolute atomic E-state index is 12.1. The Bertz CT molecular complexity index is 624. The summed E-state index contributed by atoms with van der Waals surface area (Å²) in [5.41, 5.74) is 3.19. The molecule has 0 saturated carbocycles. The standard InChI is InChI=1S/C16H23N5O.ClH/c1-4-9-17-10-11-18-16(22)15-13(3)21(20-19-15)14-7-5-12(2)6-8-14;/h5-8,17H,4,9-11H2,1-3H3,(H,18,22);1H. The first kappa shape index (κ1) is 19.1. The van der Waals surface area contributed by atoms with Crippen molar-refractivity contribution >= 4 is 18.3 Å². The quantitative estimate of drug-likeness (QED) is 0.758. The third kappa shape index (κ3) is 5.04. The lowest BCUT2D eigenvalue weighted by atomic mass is 10.2. The molecule has 6 nitrogen and oxygen atoms in total. The summed E-state index contributed by atoms with van der Waals surface area (Å²) in [6.07, 6.45) is 1.08. The van der Waals surface area contributed by atoms with Gasteiger partial charge in [0.25, 0.3) is 5.91 Å². The Morgan fingerprint density at radius 3 is 2.48 bits per heavy atom. The van der Waals surface area contributed by atoms with Crippen LogP contribution in [-0.4, -0.2) is 40.5 Å². The summed E-state index contributed by atoms with van der Waals surface area (Å²) in [5.74, 6) is -0.186. The predicted octanol–water partition coefficient (Wildman–Crippen LogP) is 2.04. The first-order chi connectivity index (χ1) is 10.6. The zero-order valence-corrected chi connectivity index (χ0v) is 14.6. The summed E-state index contributed by atoms with van der Waals surface area (Å²) in [7, 11) is 0. The predicted molar refractivity (Wildman–Crippen MR) is 93.6 cm³/mol. The van der Waals surface area contributed by atoms with Crippen LogP contribution in [0.2, 0.25) is 0 Å². The molecule has 0 atom stereocenters. The van der Waals surface area contributed by atoms with Crippen molar-refractivity contribution in [3.05, 3.63) is 41.2 Å². The van der Waals surface area contributed by atoms with Crippen molar-refractivity contribution in [1.29, 1.82) is 0 Å². The second-order valence-corrected chi connectivity index (χ2v) is 5.28. The first-order valence-corrected chi connectivity index (χ1v) is 7.61. The molecule has 0 aliphatic rings. The normalized spacial score (nSPS) is 10.2. The van der Waals surface area contributed by atoms with Crippen LogP contribution in [0.15, 0.2) is 24.3 Å². The van der Waals surface area contributed by atoms with E-state index in [4.69, 9.17) is 0 Å². The van der Waals surface area contributed by atoms with Crippen LogP contribution in [0.4, 0.5) is 0 Å². The molecule has 23 heavy (non-hydrogen) atoms. The molecule has 0 radical (unpaired) electrons. The monoisotopic (exact) mass is 337 g/mol. The van der Waals surface area contributed by atoms with Gasteiger partial charge in [0.15, 0.2) is 5.69 Å². The Kier molecular flexibility index (Phi) is 7.71. The molecule has 126 valence electrons. The minimum atomic E-state index is -0.186. The highest BCUT2D eigenvalue weighted by Crippen LogP contribution is 2.12. The number of rotatable bonds is 7. The van der Waals surface area contributed by atoms with Crippen LogP contribution in [0.1, 0.15) is 35.1 Å². The largest absolute Gasteiger partial charge is 0.349 e. The molecule has 0 fully saturated rings. The second-order valence-electron chi connectivity index (χ2n) is 5.28. The number of nitrogens with zero attached hydrogens (tertiary/aromatic N) is 3. The number of amides is 1. The van der Waals surface area contributed by atoms with Crippen LogP contribution in [0.3, 0.4) is 0 Å². The fourth-order valence-corrected chi connectivity index (χ4v) is 2.12. The van der Waals surface area contributed by atoms with Gasteiger partial charge in [-0.1, -0.05) is 29.8 Å². The summed E-state index contributed by atoms with van der Waals surface area (Å²) in [5, 5.41) is 14.2. The molecule has 1 aromatic carbocycles. The average Bonchev–Trinajstić information content (AvgIpc) is 2.89. The van der Waals surface area contributed by atoms with E-state index in [-0.39, 0.29) is 18.3 Å². The molecule has 0 spiro atoms. The molecule has 0 unspecified atom stereocenters.